The van der Waals surface area contributed by atoms with Crippen molar-refractivity contribution in [2.75, 3.05) is 31.6 Å². The number of amides is 1. The molecule has 110 valence electrons. The fourth-order valence-electron chi connectivity index (χ4n) is 2.59. The van der Waals surface area contributed by atoms with Crippen LogP contribution >= 0.6 is 0 Å². The standard InChI is InChI=1S/C15H24N4O/c1-3-12(2)18-8-10-19(11-9-18)15(20)13-6-4-5-7-14(13)17-16/h4-7,12,17H,3,8-11,16H2,1-2H3. The first kappa shape index (κ1) is 14.8. The van der Waals surface area contributed by atoms with Gasteiger partial charge < -0.3 is 10.3 Å². The fourth-order valence-corrected chi connectivity index (χ4v) is 2.59. The van der Waals surface area contributed by atoms with Crippen LogP contribution in [0.3, 0.4) is 0 Å². The van der Waals surface area contributed by atoms with Gasteiger partial charge in [-0.2, -0.15) is 0 Å². The van der Waals surface area contributed by atoms with E-state index in [1.165, 1.54) is 0 Å². The number of carbonyl (C=O) groups excluding carboxylic acids is 1. The molecule has 2 rings (SSSR count). The maximum absolute atomic E-state index is 12.5. The first-order valence-electron chi connectivity index (χ1n) is 7.26. The maximum Gasteiger partial charge on any atom is 0.256 e. The zero-order chi connectivity index (χ0) is 14.5. The molecule has 1 heterocycles. The molecule has 5 nitrogen and oxygen atoms in total. The van der Waals surface area contributed by atoms with Gasteiger partial charge in [-0.15, -0.1) is 0 Å². The molecule has 1 aromatic rings. The summed E-state index contributed by atoms with van der Waals surface area (Å²) in [5, 5.41) is 0. The van der Waals surface area contributed by atoms with Crippen molar-refractivity contribution in [1.82, 2.24) is 9.80 Å². The normalized spacial score (nSPS) is 17.9. The van der Waals surface area contributed by atoms with E-state index in [0.717, 1.165) is 32.6 Å². The Morgan fingerprint density at radius 3 is 2.55 bits per heavy atom. The number of carbonyl (C=O) groups is 1. The van der Waals surface area contributed by atoms with Crippen LogP contribution in [0, 0.1) is 0 Å². The second kappa shape index (κ2) is 6.72. The van der Waals surface area contributed by atoms with E-state index in [9.17, 15) is 4.79 Å². The molecule has 0 aromatic heterocycles. The van der Waals surface area contributed by atoms with E-state index in [2.05, 4.69) is 24.2 Å². The van der Waals surface area contributed by atoms with E-state index in [1.54, 1.807) is 0 Å². The molecule has 1 fully saturated rings. The Bertz CT molecular complexity index is 455. The van der Waals surface area contributed by atoms with Crippen LogP contribution in [-0.2, 0) is 0 Å². The third kappa shape index (κ3) is 3.11. The molecule has 0 radical (unpaired) electrons. The quantitative estimate of drug-likeness (QED) is 0.647. The molecule has 1 aliphatic heterocycles. The molecular weight excluding hydrogens is 252 g/mol. The van der Waals surface area contributed by atoms with E-state index in [0.29, 0.717) is 17.3 Å². The van der Waals surface area contributed by atoms with Gasteiger partial charge in [0.2, 0.25) is 0 Å². The average Bonchev–Trinajstić information content (AvgIpc) is 2.53. The number of anilines is 1. The Morgan fingerprint density at radius 2 is 1.95 bits per heavy atom. The Hall–Kier alpha value is -1.59. The summed E-state index contributed by atoms with van der Waals surface area (Å²) >= 11 is 0. The number of hydrogen-bond donors (Lipinski definition) is 2. The Morgan fingerprint density at radius 1 is 1.30 bits per heavy atom. The second-order valence-electron chi connectivity index (χ2n) is 5.28. The van der Waals surface area contributed by atoms with Crippen molar-refractivity contribution in [3.8, 4) is 0 Å². The highest BCUT2D eigenvalue weighted by atomic mass is 16.2. The summed E-state index contributed by atoms with van der Waals surface area (Å²) in [6.07, 6.45) is 1.15. The molecule has 1 saturated heterocycles. The molecule has 5 heteroatoms. The summed E-state index contributed by atoms with van der Waals surface area (Å²) in [4.78, 5) is 16.9. The van der Waals surface area contributed by atoms with Gasteiger partial charge in [-0.05, 0) is 25.5 Å². The molecule has 1 atom stereocenters. The van der Waals surface area contributed by atoms with Crippen LogP contribution in [0.2, 0.25) is 0 Å². The summed E-state index contributed by atoms with van der Waals surface area (Å²) in [5.41, 5.74) is 3.92. The predicted molar refractivity (Wildman–Crippen MR) is 81.5 cm³/mol. The molecule has 1 unspecified atom stereocenters. The van der Waals surface area contributed by atoms with E-state index in [4.69, 9.17) is 5.84 Å². The van der Waals surface area contributed by atoms with Crippen LogP contribution in [0.1, 0.15) is 30.6 Å². The van der Waals surface area contributed by atoms with Crippen molar-refractivity contribution in [3.05, 3.63) is 29.8 Å². The number of rotatable bonds is 4. The summed E-state index contributed by atoms with van der Waals surface area (Å²) in [6.45, 7) is 7.89. The Kier molecular flexibility index (Phi) is 4.98. The lowest BCUT2D eigenvalue weighted by molar-refractivity contribution is 0.0580. The average molecular weight is 276 g/mol. The predicted octanol–water partition coefficient (Wildman–Crippen LogP) is 1.53. The van der Waals surface area contributed by atoms with Gasteiger partial charge in [0.15, 0.2) is 0 Å². The molecule has 0 saturated carbocycles. The molecule has 1 aromatic carbocycles. The van der Waals surface area contributed by atoms with Crippen molar-refractivity contribution >= 4 is 11.6 Å². The minimum absolute atomic E-state index is 0.0577. The lowest BCUT2D eigenvalue weighted by atomic mass is 10.1. The molecule has 20 heavy (non-hydrogen) atoms. The number of piperazine rings is 1. The van der Waals surface area contributed by atoms with E-state index in [1.807, 2.05) is 29.2 Å². The highest BCUT2D eigenvalue weighted by molar-refractivity contribution is 5.99. The zero-order valence-electron chi connectivity index (χ0n) is 12.3. The minimum atomic E-state index is 0.0577. The largest absolute Gasteiger partial charge is 0.336 e. The van der Waals surface area contributed by atoms with Gasteiger partial charge in [0.05, 0.1) is 11.3 Å². The van der Waals surface area contributed by atoms with Crippen LogP contribution < -0.4 is 11.3 Å². The topological polar surface area (TPSA) is 61.6 Å². The number of hydrazine groups is 1. The highest BCUT2D eigenvalue weighted by Gasteiger charge is 2.25. The number of nitrogen functional groups attached to an aromatic ring is 1. The zero-order valence-corrected chi connectivity index (χ0v) is 12.3. The van der Waals surface area contributed by atoms with Gasteiger partial charge in [-0.25, -0.2) is 0 Å². The molecule has 0 spiro atoms. The Labute approximate surface area is 120 Å². The van der Waals surface area contributed by atoms with Gasteiger partial charge in [-0.1, -0.05) is 19.1 Å². The lowest BCUT2D eigenvalue weighted by Gasteiger charge is -2.38. The molecule has 1 amide bonds. The van der Waals surface area contributed by atoms with Crippen molar-refractivity contribution < 1.29 is 4.79 Å². The summed E-state index contributed by atoms with van der Waals surface area (Å²) in [7, 11) is 0. The van der Waals surface area contributed by atoms with Crippen LogP contribution in [-0.4, -0.2) is 47.9 Å². The van der Waals surface area contributed by atoms with Crippen molar-refractivity contribution in [3.63, 3.8) is 0 Å². The van der Waals surface area contributed by atoms with Crippen LogP contribution in [0.5, 0.6) is 0 Å². The molecule has 3 N–H and O–H groups in total. The number of para-hydroxylation sites is 1. The van der Waals surface area contributed by atoms with Crippen LogP contribution in [0.15, 0.2) is 24.3 Å². The van der Waals surface area contributed by atoms with Crippen LogP contribution in [0.25, 0.3) is 0 Å². The SMILES string of the molecule is CCC(C)N1CCN(C(=O)c2ccccc2NN)CC1. The third-order valence-corrected chi connectivity index (χ3v) is 4.13. The molecular formula is C15H24N4O. The first-order valence-corrected chi connectivity index (χ1v) is 7.26. The maximum atomic E-state index is 12.5. The van der Waals surface area contributed by atoms with Crippen molar-refractivity contribution in [2.24, 2.45) is 5.84 Å². The van der Waals surface area contributed by atoms with Gasteiger partial charge in [0, 0.05) is 32.2 Å². The van der Waals surface area contributed by atoms with Gasteiger partial charge in [0.1, 0.15) is 0 Å². The summed E-state index contributed by atoms with van der Waals surface area (Å²) in [5.74, 6) is 5.53. The van der Waals surface area contributed by atoms with E-state index < -0.39 is 0 Å². The fraction of sp³-hybridized carbons (Fsp3) is 0.533. The van der Waals surface area contributed by atoms with E-state index in [-0.39, 0.29) is 5.91 Å². The summed E-state index contributed by atoms with van der Waals surface area (Å²) in [6, 6.07) is 7.96. The summed E-state index contributed by atoms with van der Waals surface area (Å²) < 4.78 is 0. The van der Waals surface area contributed by atoms with E-state index >= 15 is 0 Å². The monoisotopic (exact) mass is 276 g/mol. The minimum Gasteiger partial charge on any atom is -0.336 e. The second-order valence-corrected chi connectivity index (χ2v) is 5.28. The third-order valence-electron chi connectivity index (χ3n) is 4.13. The van der Waals surface area contributed by atoms with Crippen molar-refractivity contribution in [2.45, 2.75) is 26.3 Å². The first-order chi connectivity index (χ1) is 9.67. The highest BCUT2D eigenvalue weighted by Crippen LogP contribution is 2.18. The molecule has 1 aliphatic rings. The number of nitrogens with zero attached hydrogens (tertiary/aromatic N) is 2. The number of benzene rings is 1. The van der Waals surface area contributed by atoms with Gasteiger partial charge in [0.25, 0.3) is 5.91 Å². The lowest BCUT2D eigenvalue weighted by Crippen LogP contribution is -2.51. The van der Waals surface area contributed by atoms with Crippen LogP contribution in [0.4, 0.5) is 5.69 Å². The number of nitrogens with one attached hydrogen (secondary N) is 1. The number of nitrogens with two attached hydrogens (primary N) is 1. The molecule has 0 bridgehead atoms. The van der Waals surface area contributed by atoms with Gasteiger partial charge >= 0.3 is 0 Å². The molecule has 0 aliphatic carbocycles. The Balaban J connectivity index is 2.01. The smallest absolute Gasteiger partial charge is 0.256 e. The van der Waals surface area contributed by atoms with Crippen molar-refractivity contribution in [1.29, 1.82) is 0 Å². The van der Waals surface area contributed by atoms with Gasteiger partial charge in [-0.3, -0.25) is 15.5 Å². The number of hydrogen-bond acceptors (Lipinski definition) is 4.